The predicted molar refractivity (Wildman–Crippen MR) is 89.9 cm³/mol. The maximum Gasteiger partial charge on any atom is 0.253 e. The van der Waals surface area contributed by atoms with Crippen molar-refractivity contribution in [2.24, 2.45) is 5.14 Å². The van der Waals surface area contributed by atoms with Crippen LogP contribution in [0.3, 0.4) is 0 Å². The van der Waals surface area contributed by atoms with E-state index in [4.69, 9.17) is 5.14 Å². The van der Waals surface area contributed by atoms with Crippen molar-refractivity contribution in [1.29, 1.82) is 0 Å². The van der Waals surface area contributed by atoms with E-state index in [2.05, 4.69) is 10.3 Å². The molecule has 1 aromatic rings. The normalized spacial score (nSPS) is 21.0. The van der Waals surface area contributed by atoms with Gasteiger partial charge in [-0.05, 0) is 25.0 Å². The SMILES string of the molecule is NS(=O)(=O)CCCC(=O)N1CC[C@@H](NC(=O)c2cccnc2)[C@H](O)C1. The Hall–Kier alpha value is -2.04. The van der Waals surface area contributed by atoms with Gasteiger partial charge >= 0.3 is 0 Å². The molecular weight excluding hydrogens is 348 g/mol. The van der Waals surface area contributed by atoms with Crippen molar-refractivity contribution in [3.63, 3.8) is 0 Å². The minimum Gasteiger partial charge on any atom is -0.389 e. The van der Waals surface area contributed by atoms with Crippen molar-refractivity contribution in [1.82, 2.24) is 15.2 Å². The van der Waals surface area contributed by atoms with Gasteiger partial charge < -0.3 is 15.3 Å². The van der Waals surface area contributed by atoms with Gasteiger partial charge in [-0.25, -0.2) is 13.6 Å². The molecule has 1 saturated heterocycles. The first-order valence-electron chi connectivity index (χ1n) is 7.93. The molecule has 2 atom stereocenters. The van der Waals surface area contributed by atoms with Crippen LogP contribution < -0.4 is 10.5 Å². The number of rotatable bonds is 6. The number of sulfonamides is 1. The zero-order chi connectivity index (χ0) is 18.4. The van der Waals surface area contributed by atoms with E-state index >= 15 is 0 Å². The van der Waals surface area contributed by atoms with Gasteiger partial charge in [-0.3, -0.25) is 14.6 Å². The lowest BCUT2D eigenvalue weighted by molar-refractivity contribution is -0.134. The van der Waals surface area contributed by atoms with Gasteiger partial charge in [-0.2, -0.15) is 0 Å². The Morgan fingerprint density at radius 1 is 1.44 bits per heavy atom. The monoisotopic (exact) mass is 370 g/mol. The van der Waals surface area contributed by atoms with Crippen LogP contribution in [-0.2, 0) is 14.8 Å². The number of aliphatic hydroxyl groups excluding tert-OH is 1. The summed E-state index contributed by atoms with van der Waals surface area (Å²) in [6.07, 6.45) is 2.71. The van der Waals surface area contributed by atoms with Crippen molar-refractivity contribution in [3.05, 3.63) is 30.1 Å². The minimum atomic E-state index is -3.58. The topological polar surface area (TPSA) is 143 Å². The fraction of sp³-hybridized carbons (Fsp3) is 0.533. The van der Waals surface area contributed by atoms with Gasteiger partial charge in [0.25, 0.3) is 5.91 Å². The highest BCUT2D eigenvalue weighted by Gasteiger charge is 2.31. The molecule has 9 nitrogen and oxygen atoms in total. The van der Waals surface area contributed by atoms with E-state index in [1.54, 1.807) is 18.3 Å². The van der Waals surface area contributed by atoms with E-state index in [1.807, 2.05) is 0 Å². The smallest absolute Gasteiger partial charge is 0.253 e. The molecule has 0 saturated carbocycles. The Bertz CT molecular complexity index is 710. The number of aliphatic hydroxyl groups is 1. The molecule has 0 bridgehead atoms. The maximum absolute atomic E-state index is 12.1. The molecule has 1 aliphatic heterocycles. The Morgan fingerprint density at radius 3 is 2.80 bits per heavy atom. The number of carbonyl (C=O) groups excluding carboxylic acids is 2. The Labute approximate surface area is 146 Å². The van der Waals surface area contributed by atoms with Crippen LogP contribution in [-0.4, -0.2) is 66.2 Å². The number of piperidine rings is 1. The number of carbonyl (C=O) groups is 2. The number of β-amino-alcohol motifs (C(OH)–C–C–N with tert-alkyl or cyclic N) is 1. The third kappa shape index (κ3) is 6.07. The van der Waals surface area contributed by atoms with E-state index in [9.17, 15) is 23.1 Å². The van der Waals surface area contributed by atoms with E-state index in [0.717, 1.165) is 0 Å². The van der Waals surface area contributed by atoms with Crippen molar-refractivity contribution >= 4 is 21.8 Å². The molecule has 0 spiro atoms. The number of likely N-dealkylation sites (tertiary alicyclic amines) is 1. The van der Waals surface area contributed by atoms with Crippen LogP contribution in [0.4, 0.5) is 0 Å². The van der Waals surface area contributed by atoms with Crippen molar-refractivity contribution in [2.45, 2.75) is 31.4 Å². The number of nitrogens with zero attached hydrogens (tertiary/aromatic N) is 2. The van der Waals surface area contributed by atoms with Gasteiger partial charge in [-0.15, -0.1) is 0 Å². The molecule has 0 aromatic carbocycles. The van der Waals surface area contributed by atoms with Crippen LogP contribution in [0.15, 0.2) is 24.5 Å². The Kier molecular flexibility index (Phi) is 6.45. The second-order valence-electron chi connectivity index (χ2n) is 5.99. The molecule has 4 N–H and O–H groups in total. The Morgan fingerprint density at radius 2 is 2.20 bits per heavy atom. The molecule has 2 rings (SSSR count). The average Bonchev–Trinajstić information content (AvgIpc) is 2.56. The zero-order valence-electron chi connectivity index (χ0n) is 13.7. The summed E-state index contributed by atoms with van der Waals surface area (Å²) in [6, 6.07) is 2.81. The second-order valence-corrected chi connectivity index (χ2v) is 7.72. The summed E-state index contributed by atoms with van der Waals surface area (Å²) < 4.78 is 21.7. The number of pyridine rings is 1. The van der Waals surface area contributed by atoms with Crippen molar-refractivity contribution < 1.29 is 23.1 Å². The number of amides is 2. The van der Waals surface area contributed by atoms with Crippen LogP contribution >= 0.6 is 0 Å². The summed E-state index contributed by atoms with van der Waals surface area (Å²) >= 11 is 0. The van der Waals surface area contributed by atoms with Gasteiger partial charge in [0, 0.05) is 31.9 Å². The van der Waals surface area contributed by atoms with Gasteiger partial charge in [-0.1, -0.05) is 0 Å². The van der Waals surface area contributed by atoms with Crippen LogP contribution in [0, 0.1) is 0 Å². The largest absolute Gasteiger partial charge is 0.389 e. The molecule has 2 heterocycles. The van der Waals surface area contributed by atoms with E-state index in [-0.39, 0.29) is 37.0 Å². The van der Waals surface area contributed by atoms with Crippen molar-refractivity contribution in [2.75, 3.05) is 18.8 Å². The highest BCUT2D eigenvalue weighted by Crippen LogP contribution is 2.14. The first-order chi connectivity index (χ1) is 11.8. The third-order valence-electron chi connectivity index (χ3n) is 3.99. The lowest BCUT2D eigenvalue weighted by Crippen LogP contribution is -2.55. The van der Waals surface area contributed by atoms with Gasteiger partial charge in [0.1, 0.15) is 0 Å². The third-order valence-corrected chi connectivity index (χ3v) is 4.85. The van der Waals surface area contributed by atoms with Crippen LogP contribution in [0.1, 0.15) is 29.6 Å². The molecule has 1 aliphatic rings. The molecule has 2 amide bonds. The number of nitrogens with two attached hydrogens (primary N) is 1. The van der Waals surface area contributed by atoms with Crippen LogP contribution in [0.25, 0.3) is 0 Å². The summed E-state index contributed by atoms with van der Waals surface area (Å²) in [6.45, 7) is 0.468. The summed E-state index contributed by atoms with van der Waals surface area (Å²) in [5, 5.41) is 17.8. The molecule has 0 radical (unpaired) electrons. The fourth-order valence-electron chi connectivity index (χ4n) is 2.66. The highest BCUT2D eigenvalue weighted by molar-refractivity contribution is 7.89. The van der Waals surface area contributed by atoms with E-state index < -0.39 is 22.2 Å². The minimum absolute atomic E-state index is 0.0514. The summed E-state index contributed by atoms with van der Waals surface area (Å²) in [5.41, 5.74) is 0.399. The summed E-state index contributed by atoms with van der Waals surface area (Å²) in [4.78, 5) is 29.5. The molecular formula is C15H22N4O5S. The lowest BCUT2D eigenvalue weighted by Gasteiger charge is -2.36. The Balaban J connectivity index is 1.81. The molecule has 1 aromatic heterocycles. The fourth-order valence-corrected chi connectivity index (χ4v) is 3.20. The van der Waals surface area contributed by atoms with E-state index in [1.165, 1.54) is 11.1 Å². The van der Waals surface area contributed by atoms with Gasteiger partial charge in [0.05, 0.1) is 23.5 Å². The molecule has 0 aliphatic carbocycles. The highest BCUT2D eigenvalue weighted by atomic mass is 32.2. The summed E-state index contributed by atoms with van der Waals surface area (Å²) in [7, 11) is -3.58. The van der Waals surface area contributed by atoms with Gasteiger partial charge in [0.2, 0.25) is 15.9 Å². The van der Waals surface area contributed by atoms with Crippen molar-refractivity contribution in [3.8, 4) is 0 Å². The first kappa shape index (κ1) is 19.3. The molecule has 0 unspecified atom stereocenters. The number of nitrogens with one attached hydrogen (secondary N) is 1. The quantitative estimate of drug-likeness (QED) is 0.576. The zero-order valence-corrected chi connectivity index (χ0v) is 14.5. The van der Waals surface area contributed by atoms with Crippen LogP contribution in [0.5, 0.6) is 0 Å². The standard InChI is InChI=1S/C15H22N4O5S/c16-25(23,24)8-2-4-14(21)19-7-5-12(13(20)10-19)18-15(22)11-3-1-6-17-9-11/h1,3,6,9,12-13,20H,2,4-5,7-8,10H2,(H,18,22)(H2,16,23,24)/t12-,13-/m1/s1. The molecule has 25 heavy (non-hydrogen) atoms. The summed E-state index contributed by atoms with van der Waals surface area (Å²) in [5.74, 6) is -0.816. The molecule has 1 fully saturated rings. The molecule has 138 valence electrons. The number of hydrogen-bond donors (Lipinski definition) is 3. The maximum atomic E-state index is 12.1. The lowest BCUT2D eigenvalue weighted by atomic mass is 10.0. The molecule has 10 heteroatoms. The first-order valence-corrected chi connectivity index (χ1v) is 9.65. The van der Waals surface area contributed by atoms with Gasteiger partial charge in [0.15, 0.2) is 0 Å². The predicted octanol–water partition coefficient (Wildman–Crippen LogP) is -1.16. The second kappa shape index (κ2) is 8.37. The van der Waals surface area contributed by atoms with E-state index in [0.29, 0.717) is 18.5 Å². The average molecular weight is 370 g/mol. The number of hydrogen-bond acceptors (Lipinski definition) is 6. The number of aromatic nitrogens is 1. The van der Waals surface area contributed by atoms with Crippen LogP contribution in [0.2, 0.25) is 0 Å². The number of primary sulfonamides is 1.